The summed E-state index contributed by atoms with van der Waals surface area (Å²) in [7, 11) is -16.1. The van der Waals surface area contributed by atoms with Gasteiger partial charge in [-0.15, -0.1) is 0 Å². The van der Waals surface area contributed by atoms with Gasteiger partial charge >= 0.3 is 23.2 Å². The number of nitrogens with zero attached hydrogens (tertiary/aromatic N) is 4. The molecular formula is C10H17FN5O10P3. The van der Waals surface area contributed by atoms with Crippen molar-refractivity contribution in [3.63, 3.8) is 0 Å². The van der Waals surface area contributed by atoms with E-state index in [-0.39, 0.29) is 18.8 Å². The van der Waals surface area contributed by atoms with Gasteiger partial charge < -0.3 is 30.0 Å². The highest BCUT2D eigenvalue weighted by atomic mass is 31.3. The molecule has 0 fully saturated rings. The summed E-state index contributed by atoms with van der Waals surface area (Å²) in [5.41, 5.74) is 6.37. The number of phosphoric acid groups is 2. The molecule has 6 N–H and O–H groups in total. The van der Waals surface area contributed by atoms with Crippen molar-refractivity contribution in [2.24, 2.45) is 0 Å². The third-order valence-electron chi connectivity index (χ3n) is 3.20. The molecule has 2 rings (SSSR count). The summed E-state index contributed by atoms with van der Waals surface area (Å²) in [6, 6.07) is 0. The van der Waals surface area contributed by atoms with Gasteiger partial charge in [0.05, 0.1) is 19.0 Å². The van der Waals surface area contributed by atoms with Crippen LogP contribution in [0.15, 0.2) is 12.5 Å². The van der Waals surface area contributed by atoms with Gasteiger partial charge in [-0.25, -0.2) is 23.4 Å². The second-order valence-corrected chi connectivity index (χ2v) is 10.3. The topological polar surface area (TPSA) is 229 Å². The fourth-order valence-electron chi connectivity index (χ4n) is 2.17. The van der Waals surface area contributed by atoms with Crippen LogP contribution >= 0.6 is 23.2 Å². The number of alkyl halides is 1. The molecule has 2 aromatic heterocycles. The van der Waals surface area contributed by atoms with Crippen molar-refractivity contribution in [1.82, 2.24) is 19.6 Å². The predicted molar refractivity (Wildman–Crippen MR) is 93.1 cm³/mol. The number of aromatic nitrogens is 4. The third-order valence-corrected chi connectivity index (χ3v) is 7.19. The minimum Gasteiger partial charge on any atom is -0.368 e. The van der Waals surface area contributed by atoms with E-state index in [1.165, 1.54) is 17.0 Å². The van der Waals surface area contributed by atoms with E-state index in [9.17, 15) is 23.0 Å². The molecule has 0 aliphatic rings. The Kier molecular flexibility index (Phi) is 7.63. The van der Waals surface area contributed by atoms with Gasteiger partial charge in [-0.3, -0.25) is 8.96 Å². The number of nitrogens with two attached hydrogens (primary N) is 1. The lowest BCUT2D eigenvalue weighted by atomic mass is 10.1. The molecule has 0 aliphatic heterocycles. The molecule has 0 bridgehead atoms. The Morgan fingerprint density at radius 1 is 1.17 bits per heavy atom. The monoisotopic (exact) mass is 479 g/mol. The fourth-order valence-corrected chi connectivity index (χ4v) is 5.51. The molecule has 3 atom stereocenters. The average Bonchev–Trinajstić information content (AvgIpc) is 2.94. The molecule has 0 amide bonds. The van der Waals surface area contributed by atoms with Crippen molar-refractivity contribution in [3.05, 3.63) is 18.1 Å². The Morgan fingerprint density at radius 2 is 1.86 bits per heavy atom. The molecule has 29 heavy (non-hydrogen) atoms. The van der Waals surface area contributed by atoms with E-state index < -0.39 is 42.4 Å². The SMILES string of the molecule is Nc1ncnc2c(C[C@@H](CCF)OCP(=O)(O)OP(=O)(O)OP(=O)(O)O)cnn12. The maximum absolute atomic E-state index is 12.8. The van der Waals surface area contributed by atoms with Crippen LogP contribution in [0, 0.1) is 0 Å². The molecule has 2 heterocycles. The van der Waals surface area contributed by atoms with E-state index in [1.54, 1.807) is 0 Å². The van der Waals surface area contributed by atoms with Crippen LogP contribution in [0.1, 0.15) is 12.0 Å². The number of halogens is 1. The van der Waals surface area contributed by atoms with Crippen LogP contribution in [0.4, 0.5) is 10.3 Å². The summed E-state index contributed by atoms with van der Waals surface area (Å²) in [5, 5.41) is 3.95. The maximum atomic E-state index is 12.8. The third kappa shape index (κ3) is 7.46. The van der Waals surface area contributed by atoms with Crippen LogP contribution in [0.25, 0.3) is 5.65 Å². The zero-order chi connectivity index (χ0) is 21.9. The second-order valence-electron chi connectivity index (χ2n) is 5.50. The highest BCUT2D eigenvalue weighted by Gasteiger charge is 2.40. The number of hydrogen-bond donors (Lipinski definition) is 5. The molecule has 0 aliphatic carbocycles. The number of rotatable bonds is 11. The van der Waals surface area contributed by atoms with Crippen LogP contribution in [0.5, 0.6) is 0 Å². The molecule has 0 radical (unpaired) electrons. The number of hydrogen-bond acceptors (Lipinski definition) is 10. The number of nitrogen functional groups attached to an aromatic ring is 1. The van der Waals surface area contributed by atoms with E-state index in [2.05, 4.69) is 23.7 Å². The zero-order valence-electron chi connectivity index (χ0n) is 14.4. The molecule has 2 unspecified atom stereocenters. The first-order valence-corrected chi connectivity index (χ1v) is 12.3. The van der Waals surface area contributed by atoms with Crippen molar-refractivity contribution < 1.29 is 51.0 Å². The summed E-state index contributed by atoms with van der Waals surface area (Å²) >= 11 is 0. The number of fused-ring (bicyclic) bond motifs is 1. The van der Waals surface area contributed by atoms with Gasteiger partial charge in [-0.05, 0) is 0 Å². The summed E-state index contributed by atoms with van der Waals surface area (Å²) in [6.45, 7) is -0.864. The van der Waals surface area contributed by atoms with Crippen molar-refractivity contribution in [3.8, 4) is 0 Å². The first-order valence-electron chi connectivity index (χ1n) is 7.55. The highest BCUT2D eigenvalue weighted by molar-refractivity contribution is 7.68. The largest absolute Gasteiger partial charge is 0.488 e. The zero-order valence-corrected chi connectivity index (χ0v) is 17.1. The predicted octanol–water partition coefficient (Wildman–Crippen LogP) is 0.363. The van der Waals surface area contributed by atoms with Crippen molar-refractivity contribution >= 4 is 34.8 Å². The van der Waals surface area contributed by atoms with Gasteiger partial charge in [0.2, 0.25) is 5.95 Å². The summed E-state index contributed by atoms with van der Waals surface area (Å²) in [6.07, 6.45) is 0.0844. The van der Waals surface area contributed by atoms with Gasteiger partial charge in [0, 0.05) is 18.4 Å². The van der Waals surface area contributed by atoms with E-state index in [0.29, 0.717) is 11.2 Å². The Morgan fingerprint density at radius 3 is 2.48 bits per heavy atom. The smallest absolute Gasteiger partial charge is 0.368 e. The van der Waals surface area contributed by atoms with Crippen molar-refractivity contribution in [2.45, 2.75) is 18.9 Å². The van der Waals surface area contributed by atoms with Gasteiger partial charge in [-0.2, -0.15) is 13.9 Å². The first-order chi connectivity index (χ1) is 13.3. The Balaban J connectivity index is 2.06. The minimum atomic E-state index is -5.58. The molecular weight excluding hydrogens is 462 g/mol. The van der Waals surface area contributed by atoms with Gasteiger partial charge in [0.25, 0.3) is 0 Å². The van der Waals surface area contributed by atoms with Crippen molar-refractivity contribution in [1.29, 1.82) is 0 Å². The van der Waals surface area contributed by atoms with E-state index in [1.807, 2.05) is 0 Å². The van der Waals surface area contributed by atoms with Crippen LogP contribution in [0.2, 0.25) is 0 Å². The Hall–Kier alpha value is -1.31. The quantitative estimate of drug-likeness (QED) is 0.274. The van der Waals surface area contributed by atoms with E-state index in [4.69, 9.17) is 25.2 Å². The summed E-state index contributed by atoms with van der Waals surface area (Å²) in [4.78, 5) is 43.4. The lowest BCUT2D eigenvalue weighted by Crippen LogP contribution is -2.18. The number of ether oxygens (including phenoxy) is 1. The van der Waals surface area contributed by atoms with Crippen LogP contribution in [-0.4, -0.2) is 58.3 Å². The molecule has 164 valence electrons. The van der Waals surface area contributed by atoms with Crippen LogP contribution in [-0.2, 0) is 33.5 Å². The van der Waals surface area contributed by atoms with Gasteiger partial charge in [-0.1, -0.05) is 0 Å². The average molecular weight is 479 g/mol. The molecule has 15 nitrogen and oxygen atoms in total. The maximum Gasteiger partial charge on any atom is 0.488 e. The molecule has 19 heteroatoms. The molecule has 0 saturated heterocycles. The van der Waals surface area contributed by atoms with E-state index in [0.717, 1.165) is 0 Å². The molecule has 0 aromatic carbocycles. The lowest BCUT2D eigenvalue weighted by molar-refractivity contribution is 0.0635. The summed E-state index contributed by atoms with van der Waals surface area (Å²) in [5.74, 6) is 0.0428. The second kappa shape index (κ2) is 9.23. The molecule has 0 spiro atoms. The minimum absolute atomic E-state index is 0.0281. The lowest BCUT2D eigenvalue weighted by Gasteiger charge is -2.20. The summed E-state index contributed by atoms with van der Waals surface area (Å²) < 4.78 is 60.3. The van der Waals surface area contributed by atoms with Crippen molar-refractivity contribution in [2.75, 3.05) is 18.8 Å². The fraction of sp³-hybridized carbons (Fsp3) is 0.500. The molecule has 0 saturated carbocycles. The Bertz CT molecular complexity index is 998. The van der Waals surface area contributed by atoms with Crippen LogP contribution in [0.3, 0.4) is 0 Å². The normalized spacial score (nSPS) is 17.7. The Labute approximate surface area is 162 Å². The van der Waals surface area contributed by atoms with Gasteiger partial charge in [0.15, 0.2) is 5.65 Å². The standard InChI is InChI=1S/C10H17FN5O10P3/c11-2-1-8(3-7-4-15-16-9(7)13-5-14-10(16)12)24-6-27(17,18)25-29(22,23)26-28(19,20)21/h4-5,8H,1-3,6H2,(H,17,18)(H,22,23)(H2,12,13,14)(H2,19,20,21)/t8-/m1/s1. The molecule has 2 aromatic rings. The number of anilines is 1. The first kappa shape index (κ1) is 24.0. The highest BCUT2D eigenvalue weighted by Crippen LogP contribution is 2.65. The van der Waals surface area contributed by atoms with E-state index >= 15 is 0 Å². The van der Waals surface area contributed by atoms with Gasteiger partial charge in [0.1, 0.15) is 12.7 Å². The van der Waals surface area contributed by atoms with Crippen LogP contribution < -0.4 is 5.73 Å².